The van der Waals surface area contributed by atoms with Crippen molar-refractivity contribution in [2.75, 3.05) is 11.4 Å². The third-order valence-electron chi connectivity index (χ3n) is 3.75. The van der Waals surface area contributed by atoms with Crippen LogP contribution in [0, 0.1) is 5.82 Å². The number of rotatable bonds is 2. The topological polar surface area (TPSA) is 60.8 Å². The normalized spacial score (nSPS) is 17.4. The van der Waals surface area contributed by atoms with Gasteiger partial charge in [-0.3, -0.25) is 0 Å². The Morgan fingerprint density at radius 1 is 1.19 bits per heavy atom. The minimum absolute atomic E-state index is 0.133. The van der Waals surface area contributed by atoms with Crippen LogP contribution >= 0.6 is 0 Å². The predicted octanol–water partition coefficient (Wildman–Crippen LogP) is 2.72. The molecule has 4 nitrogen and oxygen atoms in total. The van der Waals surface area contributed by atoms with Crippen LogP contribution in [-0.2, 0) is 11.2 Å². The van der Waals surface area contributed by atoms with E-state index in [9.17, 15) is 19.4 Å². The second-order valence-corrected chi connectivity index (χ2v) is 5.04. The summed E-state index contributed by atoms with van der Waals surface area (Å²) in [5, 5.41) is 19.1. The van der Waals surface area contributed by atoms with Crippen LogP contribution in [0.3, 0.4) is 0 Å². The Hall–Kier alpha value is -2.56. The summed E-state index contributed by atoms with van der Waals surface area (Å²) in [6, 6.07) is 9.70. The highest BCUT2D eigenvalue weighted by Gasteiger charge is 2.33. The van der Waals surface area contributed by atoms with E-state index < -0.39 is 12.0 Å². The van der Waals surface area contributed by atoms with Gasteiger partial charge in [0, 0.05) is 12.2 Å². The lowest BCUT2D eigenvalue weighted by Crippen LogP contribution is -2.39. The first-order chi connectivity index (χ1) is 10.1. The summed E-state index contributed by atoms with van der Waals surface area (Å²) in [5.41, 5.74) is 2.17. The molecule has 2 aromatic carbocycles. The van der Waals surface area contributed by atoms with E-state index in [1.807, 2.05) is 0 Å². The number of phenolic OH excluding ortho intramolecular Hbond substituents is 1. The Balaban J connectivity index is 2.05. The summed E-state index contributed by atoms with van der Waals surface area (Å²) >= 11 is 0. The summed E-state index contributed by atoms with van der Waals surface area (Å²) in [5.74, 6) is -1.19. The van der Waals surface area contributed by atoms with E-state index in [1.165, 1.54) is 18.2 Å². The molecule has 0 aromatic heterocycles. The predicted molar refractivity (Wildman–Crippen MR) is 75.9 cm³/mol. The minimum atomic E-state index is -0.967. The van der Waals surface area contributed by atoms with Gasteiger partial charge < -0.3 is 15.1 Å². The Morgan fingerprint density at radius 2 is 1.90 bits per heavy atom. The standard InChI is InChI=1S/C16H14FNO3/c17-11-1-3-12(4-2-11)18-8-7-10-9-13(19)5-6-14(10)15(18)16(20)21/h1-6,9,15,19H,7-8H2,(H,20,21). The van der Waals surface area contributed by atoms with Crippen molar-refractivity contribution in [1.82, 2.24) is 0 Å². The Labute approximate surface area is 121 Å². The number of hydrogen-bond donors (Lipinski definition) is 2. The van der Waals surface area contributed by atoms with Crippen molar-refractivity contribution in [2.45, 2.75) is 12.5 Å². The maximum atomic E-state index is 13.0. The Bertz CT molecular complexity index is 684. The molecule has 1 aliphatic heterocycles. The van der Waals surface area contributed by atoms with Gasteiger partial charge in [0.25, 0.3) is 0 Å². The zero-order chi connectivity index (χ0) is 15.0. The molecule has 0 saturated carbocycles. The molecule has 5 heteroatoms. The summed E-state index contributed by atoms with van der Waals surface area (Å²) in [4.78, 5) is 13.4. The number of carbonyl (C=O) groups is 1. The number of hydrogen-bond acceptors (Lipinski definition) is 3. The highest BCUT2D eigenvalue weighted by atomic mass is 19.1. The monoisotopic (exact) mass is 287 g/mol. The lowest BCUT2D eigenvalue weighted by Gasteiger charge is -2.36. The number of anilines is 1. The molecule has 0 radical (unpaired) electrons. The van der Waals surface area contributed by atoms with Crippen LogP contribution in [0.5, 0.6) is 5.75 Å². The maximum absolute atomic E-state index is 13.0. The van der Waals surface area contributed by atoms with Crippen LogP contribution in [0.1, 0.15) is 17.2 Å². The number of carboxylic acid groups (broad SMARTS) is 1. The van der Waals surface area contributed by atoms with Gasteiger partial charge in [0.05, 0.1) is 0 Å². The van der Waals surface area contributed by atoms with Gasteiger partial charge >= 0.3 is 5.97 Å². The van der Waals surface area contributed by atoms with Crippen LogP contribution in [0.15, 0.2) is 42.5 Å². The average molecular weight is 287 g/mol. The molecule has 2 N–H and O–H groups in total. The van der Waals surface area contributed by atoms with E-state index >= 15 is 0 Å². The number of nitrogens with zero attached hydrogens (tertiary/aromatic N) is 1. The zero-order valence-corrected chi connectivity index (χ0v) is 11.2. The number of aromatic hydroxyl groups is 1. The van der Waals surface area contributed by atoms with Crippen LogP contribution in [0.25, 0.3) is 0 Å². The molecule has 3 rings (SSSR count). The van der Waals surface area contributed by atoms with Gasteiger partial charge in [0.15, 0.2) is 6.04 Å². The van der Waals surface area contributed by atoms with Crippen molar-refractivity contribution in [3.63, 3.8) is 0 Å². The highest BCUT2D eigenvalue weighted by Crippen LogP contribution is 2.35. The molecule has 0 bridgehead atoms. The fourth-order valence-corrected chi connectivity index (χ4v) is 2.79. The maximum Gasteiger partial charge on any atom is 0.331 e. The number of benzene rings is 2. The van der Waals surface area contributed by atoms with Crippen molar-refractivity contribution < 1.29 is 19.4 Å². The SMILES string of the molecule is O=C(O)C1c2ccc(O)cc2CCN1c1ccc(F)cc1. The lowest BCUT2D eigenvalue weighted by molar-refractivity contribution is -0.138. The van der Waals surface area contributed by atoms with E-state index in [2.05, 4.69) is 0 Å². The highest BCUT2D eigenvalue weighted by molar-refractivity contribution is 5.81. The first kappa shape index (κ1) is 13.4. The van der Waals surface area contributed by atoms with E-state index in [4.69, 9.17) is 0 Å². The average Bonchev–Trinajstić information content (AvgIpc) is 2.46. The van der Waals surface area contributed by atoms with Crippen molar-refractivity contribution >= 4 is 11.7 Å². The molecule has 2 aromatic rings. The molecule has 0 aliphatic carbocycles. The third-order valence-corrected chi connectivity index (χ3v) is 3.75. The molecular weight excluding hydrogens is 273 g/mol. The van der Waals surface area contributed by atoms with Gasteiger partial charge in [0.1, 0.15) is 11.6 Å². The number of aliphatic carboxylic acids is 1. The second-order valence-electron chi connectivity index (χ2n) is 5.04. The van der Waals surface area contributed by atoms with Crippen LogP contribution in [0.4, 0.5) is 10.1 Å². The van der Waals surface area contributed by atoms with Gasteiger partial charge in [-0.2, -0.15) is 0 Å². The van der Waals surface area contributed by atoms with E-state index in [1.54, 1.807) is 29.2 Å². The Kier molecular flexibility index (Phi) is 3.25. The first-order valence-corrected chi connectivity index (χ1v) is 6.63. The van der Waals surface area contributed by atoms with Crippen molar-refractivity contribution in [2.24, 2.45) is 0 Å². The van der Waals surface area contributed by atoms with Crippen molar-refractivity contribution in [3.8, 4) is 5.75 Å². The molecule has 1 heterocycles. The molecule has 0 saturated heterocycles. The smallest absolute Gasteiger partial charge is 0.331 e. The molecular formula is C16H14FNO3. The number of halogens is 1. The third kappa shape index (κ3) is 2.42. The van der Waals surface area contributed by atoms with Gasteiger partial charge in [0.2, 0.25) is 0 Å². The zero-order valence-electron chi connectivity index (χ0n) is 11.2. The molecule has 0 amide bonds. The van der Waals surface area contributed by atoms with Crippen LogP contribution < -0.4 is 4.90 Å². The molecule has 0 spiro atoms. The minimum Gasteiger partial charge on any atom is -0.508 e. The first-order valence-electron chi connectivity index (χ1n) is 6.63. The van der Waals surface area contributed by atoms with Gasteiger partial charge in [-0.05, 0) is 53.9 Å². The summed E-state index contributed by atoms with van der Waals surface area (Å²) in [6.07, 6.45) is 0.630. The molecule has 1 aliphatic rings. The van der Waals surface area contributed by atoms with Crippen molar-refractivity contribution in [1.29, 1.82) is 0 Å². The summed E-state index contributed by atoms with van der Waals surface area (Å²) < 4.78 is 13.0. The number of carboxylic acids is 1. The second kappa shape index (κ2) is 5.09. The van der Waals surface area contributed by atoms with Crippen LogP contribution in [0.2, 0.25) is 0 Å². The van der Waals surface area contributed by atoms with Gasteiger partial charge in [-0.15, -0.1) is 0 Å². The molecule has 0 fully saturated rings. The van der Waals surface area contributed by atoms with E-state index in [0.29, 0.717) is 24.2 Å². The molecule has 1 atom stereocenters. The molecule has 1 unspecified atom stereocenters. The van der Waals surface area contributed by atoms with Crippen LogP contribution in [-0.4, -0.2) is 22.7 Å². The lowest BCUT2D eigenvalue weighted by atomic mass is 9.92. The summed E-state index contributed by atoms with van der Waals surface area (Å²) in [7, 11) is 0. The Morgan fingerprint density at radius 3 is 2.57 bits per heavy atom. The van der Waals surface area contributed by atoms with Gasteiger partial charge in [-0.1, -0.05) is 6.07 Å². The summed E-state index contributed by atoms with van der Waals surface area (Å²) in [6.45, 7) is 0.499. The molecule has 21 heavy (non-hydrogen) atoms. The fraction of sp³-hybridized carbons (Fsp3) is 0.188. The fourth-order valence-electron chi connectivity index (χ4n) is 2.79. The van der Waals surface area contributed by atoms with E-state index in [0.717, 1.165) is 5.56 Å². The number of phenols is 1. The largest absolute Gasteiger partial charge is 0.508 e. The van der Waals surface area contributed by atoms with E-state index in [-0.39, 0.29) is 11.6 Å². The van der Waals surface area contributed by atoms with Gasteiger partial charge in [-0.25, -0.2) is 9.18 Å². The molecule has 108 valence electrons. The van der Waals surface area contributed by atoms with Crippen molar-refractivity contribution in [3.05, 3.63) is 59.4 Å². The number of fused-ring (bicyclic) bond motifs is 1. The quantitative estimate of drug-likeness (QED) is 0.891.